The molecule has 0 N–H and O–H groups in total. The molecule has 0 fully saturated rings. The van der Waals surface area contributed by atoms with E-state index in [9.17, 15) is 0 Å². The van der Waals surface area contributed by atoms with Crippen molar-refractivity contribution in [3.8, 4) is 11.5 Å². The molecular weight excluding hydrogens is 232 g/mol. The zero-order valence-corrected chi connectivity index (χ0v) is 10.5. The van der Waals surface area contributed by atoms with Crippen LogP contribution in [0.4, 0.5) is 0 Å². The van der Waals surface area contributed by atoms with Crippen LogP contribution in [0.25, 0.3) is 0 Å². The highest BCUT2D eigenvalue weighted by Crippen LogP contribution is 2.29. The lowest BCUT2D eigenvalue weighted by Gasteiger charge is -2.11. The highest BCUT2D eigenvalue weighted by molar-refractivity contribution is 7.80. The molecule has 3 heteroatoms. The first-order valence-corrected chi connectivity index (χ1v) is 5.78. The second-order valence-corrected chi connectivity index (χ2v) is 4.13. The van der Waals surface area contributed by atoms with Crippen LogP contribution in [-0.2, 0) is 6.61 Å². The first-order chi connectivity index (χ1) is 8.29. The van der Waals surface area contributed by atoms with Gasteiger partial charge in [-0.25, -0.2) is 0 Å². The average molecular weight is 246 g/mol. The molecule has 0 bridgehead atoms. The van der Waals surface area contributed by atoms with Gasteiger partial charge in [-0.15, -0.1) is 12.6 Å². The summed E-state index contributed by atoms with van der Waals surface area (Å²) in [6.45, 7) is 0.531. The minimum absolute atomic E-state index is 0.531. The van der Waals surface area contributed by atoms with Gasteiger partial charge in [-0.3, -0.25) is 0 Å². The van der Waals surface area contributed by atoms with Gasteiger partial charge in [0.1, 0.15) is 6.61 Å². The van der Waals surface area contributed by atoms with Crippen LogP contribution in [0, 0.1) is 0 Å². The van der Waals surface area contributed by atoms with E-state index in [4.69, 9.17) is 9.47 Å². The van der Waals surface area contributed by atoms with Gasteiger partial charge in [-0.1, -0.05) is 30.3 Å². The summed E-state index contributed by atoms with van der Waals surface area (Å²) in [5, 5.41) is 0. The third kappa shape index (κ3) is 3.17. The van der Waals surface area contributed by atoms with E-state index in [0.29, 0.717) is 12.4 Å². The summed E-state index contributed by atoms with van der Waals surface area (Å²) in [5.74, 6) is 1.43. The molecule has 88 valence electrons. The Balaban J connectivity index is 2.09. The number of hydrogen-bond acceptors (Lipinski definition) is 3. The zero-order valence-electron chi connectivity index (χ0n) is 9.59. The van der Waals surface area contributed by atoms with Crippen LogP contribution >= 0.6 is 12.6 Å². The number of benzene rings is 2. The van der Waals surface area contributed by atoms with Gasteiger partial charge in [-0.05, 0) is 23.8 Å². The lowest BCUT2D eigenvalue weighted by molar-refractivity contribution is 0.284. The zero-order chi connectivity index (χ0) is 12.1. The van der Waals surface area contributed by atoms with Gasteiger partial charge in [0.05, 0.1) is 7.11 Å². The van der Waals surface area contributed by atoms with E-state index in [1.54, 1.807) is 7.11 Å². The Bertz CT molecular complexity index is 483. The molecule has 0 atom stereocenters. The molecule has 0 saturated heterocycles. The van der Waals surface area contributed by atoms with Crippen LogP contribution in [0.1, 0.15) is 5.56 Å². The van der Waals surface area contributed by atoms with Crippen molar-refractivity contribution in [2.75, 3.05) is 7.11 Å². The van der Waals surface area contributed by atoms with Gasteiger partial charge < -0.3 is 9.47 Å². The molecule has 17 heavy (non-hydrogen) atoms. The molecule has 0 heterocycles. The molecule has 2 aromatic carbocycles. The molecule has 0 saturated carbocycles. The molecule has 0 unspecified atom stereocenters. The predicted molar refractivity (Wildman–Crippen MR) is 71.0 cm³/mol. The van der Waals surface area contributed by atoms with E-state index in [0.717, 1.165) is 16.2 Å². The van der Waals surface area contributed by atoms with Gasteiger partial charge in [0.2, 0.25) is 0 Å². The molecule has 2 rings (SSSR count). The molecule has 2 nitrogen and oxygen atoms in total. The normalized spacial score (nSPS) is 10.0. The molecular formula is C14H14O2S. The molecule has 0 aliphatic rings. The smallest absolute Gasteiger partial charge is 0.161 e. The van der Waals surface area contributed by atoms with Crippen LogP contribution in [0.2, 0.25) is 0 Å². The van der Waals surface area contributed by atoms with E-state index in [-0.39, 0.29) is 0 Å². The fraction of sp³-hybridized carbons (Fsp3) is 0.143. The minimum atomic E-state index is 0.531. The van der Waals surface area contributed by atoms with Gasteiger partial charge in [-0.2, -0.15) is 0 Å². The Morgan fingerprint density at radius 3 is 2.47 bits per heavy atom. The highest BCUT2D eigenvalue weighted by atomic mass is 32.1. The monoisotopic (exact) mass is 246 g/mol. The second-order valence-electron chi connectivity index (χ2n) is 3.61. The van der Waals surface area contributed by atoms with Crippen molar-refractivity contribution in [1.29, 1.82) is 0 Å². The van der Waals surface area contributed by atoms with Crippen molar-refractivity contribution >= 4 is 12.6 Å². The minimum Gasteiger partial charge on any atom is -0.493 e. The first-order valence-electron chi connectivity index (χ1n) is 5.33. The Morgan fingerprint density at radius 2 is 1.76 bits per heavy atom. The van der Waals surface area contributed by atoms with Crippen molar-refractivity contribution in [3.05, 3.63) is 54.1 Å². The van der Waals surface area contributed by atoms with Crippen molar-refractivity contribution < 1.29 is 9.47 Å². The first kappa shape index (κ1) is 11.9. The van der Waals surface area contributed by atoms with E-state index in [1.165, 1.54) is 0 Å². The fourth-order valence-electron chi connectivity index (χ4n) is 1.51. The Kier molecular flexibility index (Phi) is 3.94. The lowest BCUT2D eigenvalue weighted by atomic mass is 10.2. The third-order valence-corrected chi connectivity index (χ3v) is 2.66. The number of thiol groups is 1. The highest BCUT2D eigenvalue weighted by Gasteiger charge is 2.04. The summed E-state index contributed by atoms with van der Waals surface area (Å²) in [6.07, 6.45) is 0. The molecule has 2 aromatic rings. The quantitative estimate of drug-likeness (QED) is 0.831. The largest absolute Gasteiger partial charge is 0.493 e. The Labute approximate surface area is 107 Å². The number of ether oxygens (including phenoxy) is 2. The van der Waals surface area contributed by atoms with Crippen LogP contribution in [0.15, 0.2) is 53.4 Å². The molecule has 0 spiro atoms. The SMILES string of the molecule is COc1cc(S)ccc1OCc1ccccc1. The summed E-state index contributed by atoms with van der Waals surface area (Å²) in [4.78, 5) is 0.855. The van der Waals surface area contributed by atoms with Crippen LogP contribution in [0.3, 0.4) is 0 Å². The molecule has 0 amide bonds. The van der Waals surface area contributed by atoms with E-state index in [1.807, 2.05) is 48.5 Å². The summed E-state index contributed by atoms with van der Waals surface area (Å²) in [7, 11) is 1.62. The topological polar surface area (TPSA) is 18.5 Å². The average Bonchev–Trinajstić information content (AvgIpc) is 2.38. The number of methoxy groups -OCH3 is 1. The molecule has 0 radical (unpaired) electrons. The number of hydrogen-bond donors (Lipinski definition) is 1. The fourth-order valence-corrected chi connectivity index (χ4v) is 1.70. The van der Waals surface area contributed by atoms with Gasteiger partial charge in [0, 0.05) is 4.90 Å². The Hall–Kier alpha value is -1.61. The summed E-state index contributed by atoms with van der Waals surface area (Å²) < 4.78 is 11.0. The third-order valence-electron chi connectivity index (χ3n) is 2.38. The van der Waals surface area contributed by atoms with Crippen LogP contribution < -0.4 is 9.47 Å². The van der Waals surface area contributed by atoms with Crippen LogP contribution in [-0.4, -0.2) is 7.11 Å². The van der Waals surface area contributed by atoms with Gasteiger partial charge >= 0.3 is 0 Å². The Morgan fingerprint density at radius 1 is 1.00 bits per heavy atom. The number of rotatable bonds is 4. The molecule has 0 aliphatic heterocycles. The van der Waals surface area contributed by atoms with Crippen molar-refractivity contribution in [1.82, 2.24) is 0 Å². The maximum absolute atomic E-state index is 5.71. The van der Waals surface area contributed by atoms with E-state index < -0.39 is 0 Å². The van der Waals surface area contributed by atoms with E-state index >= 15 is 0 Å². The van der Waals surface area contributed by atoms with Crippen molar-refractivity contribution in [2.45, 2.75) is 11.5 Å². The van der Waals surface area contributed by atoms with Crippen molar-refractivity contribution in [3.63, 3.8) is 0 Å². The molecule has 0 aliphatic carbocycles. The summed E-state index contributed by atoms with van der Waals surface area (Å²) in [6, 6.07) is 15.6. The standard InChI is InChI=1S/C14H14O2S/c1-15-14-9-12(17)7-8-13(14)16-10-11-5-3-2-4-6-11/h2-9,17H,10H2,1H3. The van der Waals surface area contributed by atoms with Gasteiger partial charge in [0.25, 0.3) is 0 Å². The summed E-state index contributed by atoms with van der Waals surface area (Å²) >= 11 is 4.26. The van der Waals surface area contributed by atoms with Gasteiger partial charge in [0.15, 0.2) is 11.5 Å². The maximum Gasteiger partial charge on any atom is 0.161 e. The lowest BCUT2D eigenvalue weighted by Crippen LogP contribution is -1.97. The summed E-state index contributed by atoms with van der Waals surface area (Å²) in [5.41, 5.74) is 1.13. The molecule has 0 aromatic heterocycles. The van der Waals surface area contributed by atoms with E-state index in [2.05, 4.69) is 12.6 Å². The second kappa shape index (κ2) is 5.64. The maximum atomic E-state index is 5.71. The van der Waals surface area contributed by atoms with Crippen LogP contribution in [0.5, 0.6) is 11.5 Å². The predicted octanol–water partition coefficient (Wildman–Crippen LogP) is 3.56. The van der Waals surface area contributed by atoms with Crippen molar-refractivity contribution in [2.24, 2.45) is 0 Å².